The van der Waals surface area contributed by atoms with E-state index in [1.165, 1.54) is 17.5 Å². The molecule has 5 heteroatoms. The summed E-state index contributed by atoms with van der Waals surface area (Å²) in [7, 11) is -0.270. The van der Waals surface area contributed by atoms with Crippen LogP contribution in [0.5, 0.6) is 0 Å². The number of carbonyl (C=O) groups excluding carboxylic acids is 1. The fourth-order valence-electron chi connectivity index (χ4n) is 6.90. The van der Waals surface area contributed by atoms with E-state index in [0.717, 1.165) is 31.6 Å². The van der Waals surface area contributed by atoms with Crippen molar-refractivity contribution in [2.45, 2.75) is 77.3 Å². The Morgan fingerprint density at radius 3 is 2.34 bits per heavy atom. The molecule has 2 aromatic carbocycles. The molecule has 4 fully saturated rings. The lowest BCUT2D eigenvalue weighted by molar-refractivity contribution is -0.199. The van der Waals surface area contributed by atoms with Gasteiger partial charge in [-0.1, -0.05) is 81.4 Å². The third-order valence-corrected chi connectivity index (χ3v) is 9.37. The van der Waals surface area contributed by atoms with Crippen LogP contribution in [0.1, 0.15) is 58.1 Å². The first kappa shape index (κ1) is 24.6. The molecule has 2 aromatic rings. The summed E-state index contributed by atoms with van der Waals surface area (Å²) in [6, 6.07) is 20.8. The van der Waals surface area contributed by atoms with Gasteiger partial charge in [0.25, 0.3) is 0 Å². The van der Waals surface area contributed by atoms with Crippen LogP contribution in [0, 0.1) is 23.2 Å². The van der Waals surface area contributed by atoms with Crippen molar-refractivity contribution in [3.8, 4) is 0 Å². The third-order valence-electron chi connectivity index (χ3n) is 9.37. The lowest BCUT2D eigenvalue weighted by Crippen LogP contribution is -2.65. The van der Waals surface area contributed by atoms with Crippen molar-refractivity contribution in [1.82, 2.24) is 5.32 Å². The van der Waals surface area contributed by atoms with E-state index in [1.807, 2.05) is 25.1 Å². The van der Waals surface area contributed by atoms with Crippen LogP contribution < -0.4 is 5.32 Å². The smallest absolute Gasteiger partial charge is 0.405 e. The number of nitrogens with one attached hydrogen (secondary N) is 1. The molecule has 1 saturated heterocycles. The van der Waals surface area contributed by atoms with Crippen molar-refractivity contribution >= 4 is 13.0 Å². The number of rotatable bonds is 9. The van der Waals surface area contributed by atoms with E-state index in [0.29, 0.717) is 17.9 Å². The van der Waals surface area contributed by atoms with Gasteiger partial charge in [0, 0.05) is 18.3 Å². The number of carbonyl (C=O) groups is 1. The van der Waals surface area contributed by atoms with E-state index in [2.05, 4.69) is 68.6 Å². The molecule has 1 heterocycles. The summed E-state index contributed by atoms with van der Waals surface area (Å²) >= 11 is 0. The van der Waals surface area contributed by atoms with E-state index < -0.39 is 0 Å². The second-order valence-electron chi connectivity index (χ2n) is 12.0. The SMILES string of the molecule is C[C@@H](Cc1ccccc1)C(=O)NC[C@@H](CCc1ccccc1)B1OC2CC3CC(C3(C)C)[C@@]2(C)O1. The summed E-state index contributed by atoms with van der Waals surface area (Å²) < 4.78 is 13.4. The minimum absolute atomic E-state index is 0.0780. The van der Waals surface area contributed by atoms with Gasteiger partial charge in [-0.25, -0.2) is 0 Å². The van der Waals surface area contributed by atoms with Gasteiger partial charge in [-0.15, -0.1) is 0 Å². The Bertz CT molecular complexity index is 1010. The molecule has 1 aliphatic heterocycles. The number of aryl methyl sites for hydroxylation is 1. The largest absolute Gasteiger partial charge is 0.462 e. The predicted molar refractivity (Wildman–Crippen MR) is 141 cm³/mol. The van der Waals surface area contributed by atoms with Gasteiger partial charge in [0.15, 0.2) is 0 Å². The molecule has 0 radical (unpaired) electrons. The highest BCUT2D eigenvalue weighted by Gasteiger charge is 2.68. The van der Waals surface area contributed by atoms with Crippen LogP contribution in [0.4, 0.5) is 0 Å². The molecular weight excluding hydrogens is 433 g/mol. The summed E-state index contributed by atoms with van der Waals surface area (Å²) in [4.78, 5) is 13.0. The topological polar surface area (TPSA) is 47.6 Å². The monoisotopic (exact) mass is 473 g/mol. The lowest BCUT2D eigenvalue weighted by atomic mass is 9.43. The maximum absolute atomic E-state index is 13.0. The molecule has 0 aromatic heterocycles. The van der Waals surface area contributed by atoms with Crippen LogP contribution in [-0.4, -0.2) is 31.3 Å². The van der Waals surface area contributed by atoms with Crippen molar-refractivity contribution < 1.29 is 14.1 Å². The molecule has 1 amide bonds. The average molecular weight is 473 g/mol. The molecular formula is C30H40BNO3. The van der Waals surface area contributed by atoms with Gasteiger partial charge in [0.1, 0.15) is 0 Å². The van der Waals surface area contributed by atoms with E-state index in [1.54, 1.807) is 0 Å². The van der Waals surface area contributed by atoms with Crippen LogP contribution in [-0.2, 0) is 26.9 Å². The molecule has 35 heavy (non-hydrogen) atoms. The molecule has 3 saturated carbocycles. The Labute approximate surface area is 211 Å². The standard InChI is InChI=1S/C30H40BNO3/c1-21(17-23-13-9-6-10-14-23)28(33)32-20-25(16-15-22-11-7-5-8-12-22)31-34-27-19-24-18-26(29(24,2)3)30(27,4)35-31/h5-14,21,24-27H,15-20H2,1-4H3,(H,32,33)/t21-,24?,25+,26?,27?,30+/m0/s1. The van der Waals surface area contributed by atoms with Crippen LogP contribution in [0.25, 0.3) is 0 Å². The molecule has 186 valence electrons. The lowest BCUT2D eigenvalue weighted by Gasteiger charge is -2.64. The van der Waals surface area contributed by atoms with Gasteiger partial charge < -0.3 is 14.6 Å². The molecule has 1 N–H and O–H groups in total. The molecule has 6 atom stereocenters. The first-order valence-electron chi connectivity index (χ1n) is 13.5. The molecule has 6 rings (SSSR count). The zero-order chi connectivity index (χ0) is 24.6. The number of benzene rings is 2. The fourth-order valence-corrected chi connectivity index (χ4v) is 6.90. The van der Waals surface area contributed by atoms with E-state index >= 15 is 0 Å². The number of amides is 1. The number of hydrogen-bond donors (Lipinski definition) is 1. The molecule has 3 unspecified atom stereocenters. The van der Waals surface area contributed by atoms with E-state index in [-0.39, 0.29) is 36.5 Å². The Hall–Kier alpha value is -2.11. The van der Waals surface area contributed by atoms with Gasteiger partial charge >= 0.3 is 7.12 Å². The Morgan fingerprint density at radius 1 is 1.03 bits per heavy atom. The Kier molecular flexibility index (Phi) is 6.84. The molecule has 0 spiro atoms. The van der Waals surface area contributed by atoms with Crippen molar-refractivity contribution in [3.63, 3.8) is 0 Å². The Balaban J connectivity index is 1.25. The minimum Gasteiger partial charge on any atom is -0.405 e. The maximum Gasteiger partial charge on any atom is 0.462 e. The second kappa shape index (κ2) is 9.74. The maximum atomic E-state index is 13.0. The van der Waals surface area contributed by atoms with Crippen molar-refractivity contribution in [2.24, 2.45) is 23.2 Å². The highest BCUT2D eigenvalue weighted by Crippen LogP contribution is 2.66. The predicted octanol–water partition coefficient (Wildman–Crippen LogP) is 5.71. The summed E-state index contributed by atoms with van der Waals surface area (Å²) in [5, 5.41) is 3.25. The van der Waals surface area contributed by atoms with Gasteiger partial charge in [-0.05, 0) is 67.4 Å². The summed E-state index contributed by atoms with van der Waals surface area (Å²) in [5.74, 6) is 1.41. The quantitative estimate of drug-likeness (QED) is 0.475. The average Bonchev–Trinajstić information content (AvgIpc) is 3.22. The summed E-state index contributed by atoms with van der Waals surface area (Å²) in [5.41, 5.74) is 2.60. The number of hydrogen-bond acceptors (Lipinski definition) is 3. The summed E-state index contributed by atoms with van der Waals surface area (Å²) in [6.07, 6.45) is 5.11. The zero-order valence-electron chi connectivity index (χ0n) is 21.7. The van der Waals surface area contributed by atoms with Crippen LogP contribution >= 0.6 is 0 Å². The minimum atomic E-state index is -0.270. The molecule has 2 bridgehead atoms. The summed E-state index contributed by atoms with van der Waals surface area (Å²) in [6.45, 7) is 9.65. The molecule has 3 aliphatic carbocycles. The van der Waals surface area contributed by atoms with Gasteiger partial charge in [-0.2, -0.15) is 0 Å². The van der Waals surface area contributed by atoms with Crippen molar-refractivity contribution in [3.05, 3.63) is 71.8 Å². The highest BCUT2D eigenvalue weighted by atomic mass is 16.7. The Morgan fingerprint density at radius 2 is 1.69 bits per heavy atom. The normalized spacial score (nSPS) is 30.2. The van der Waals surface area contributed by atoms with Crippen molar-refractivity contribution in [1.29, 1.82) is 0 Å². The first-order chi connectivity index (χ1) is 16.8. The van der Waals surface area contributed by atoms with E-state index in [4.69, 9.17) is 9.31 Å². The van der Waals surface area contributed by atoms with E-state index in [9.17, 15) is 4.79 Å². The third kappa shape index (κ3) is 4.82. The van der Waals surface area contributed by atoms with Crippen LogP contribution in [0.2, 0.25) is 5.82 Å². The van der Waals surface area contributed by atoms with Crippen LogP contribution in [0.15, 0.2) is 60.7 Å². The second-order valence-corrected chi connectivity index (χ2v) is 12.0. The zero-order valence-corrected chi connectivity index (χ0v) is 21.7. The van der Waals surface area contributed by atoms with Gasteiger partial charge in [0.05, 0.1) is 11.7 Å². The molecule has 4 nitrogen and oxygen atoms in total. The van der Waals surface area contributed by atoms with Crippen LogP contribution in [0.3, 0.4) is 0 Å². The fraction of sp³-hybridized carbons (Fsp3) is 0.567. The first-order valence-corrected chi connectivity index (χ1v) is 13.5. The van der Waals surface area contributed by atoms with Gasteiger partial charge in [0.2, 0.25) is 5.91 Å². The van der Waals surface area contributed by atoms with Gasteiger partial charge in [-0.3, -0.25) is 4.79 Å². The highest BCUT2D eigenvalue weighted by molar-refractivity contribution is 6.47. The molecule has 4 aliphatic rings. The van der Waals surface area contributed by atoms with Crippen molar-refractivity contribution in [2.75, 3.05) is 6.54 Å².